The zero-order valence-electron chi connectivity index (χ0n) is 11.4. The van der Waals surface area contributed by atoms with Crippen LogP contribution in [0.15, 0.2) is 24.3 Å². The van der Waals surface area contributed by atoms with E-state index in [4.69, 9.17) is 4.74 Å². The zero-order valence-corrected chi connectivity index (χ0v) is 11.4. The molecule has 0 aliphatic heterocycles. The highest BCUT2D eigenvalue weighted by molar-refractivity contribution is 5.76. The predicted molar refractivity (Wildman–Crippen MR) is 70.8 cm³/mol. The smallest absolute Gasteiger partial charge is 0.305 e. The van der Waals surface area contributed by atoms with Crippen LogP contribution in [0, 0.1) is 5.82 Å². The molecule has 0 heterocycles. The molecule has 5 nitrogen and oxygen atoms in total. The van der Waals surface area contributed by atoms with Crippen LogP contribution in [0.25, 0.3) is 0 Å². The van der Waals surface area contributed by atoms with E-state index in [2.05, 4.69) is 10.1 Å². The van der Waals surface area contributed by atoms with Gasteiger partial charge < -0.3 is 14.8 Å². The van der Waals surface area contributed by atoms with Crippen LogP contribution in [0.3, 0.4) is 0 Å². The van der Waals surface area contributed by atoms with E-state index in [1.165, 1.54) is 31.4 Å². The highest BCUT2D eigenvalue weighted by Crippen LogP contribution is 2.10. The van der Waals surface area contributed by atoms with Crippen molar-refractivity contribution in [1.29, 1.82) is 0 Å². The van der Waals surface area contributed by atoms with Gasteiger partial charge in [-0.1, -0.05) is 0 Å². The molecule has 0 aliphatic carbocycles. The van der Waals surface area contributed by atoms with Gasteiger partial charge in [-0.05, 0) is 30.7 Å². The minimum absolute atomic E-state index is 0.156. The number of halogens is 1. The first kappa shape index (κ1) is 15.9. The Kier molecular flexibility index (Phi) is 7.10. The summed E-state index contributed by atoms with van der Waals surface area (Å²) < 4.78 is 22.4. The van der Waals surface area contributed by atoms with E-state index in [0.717, 1.165) is 0 Å². The van der Waals surface area contributed by atoms with E-state index >= 15 is 0 Å². The number of carbonyl (C=O) groups is 2. The first-order valence-corrected chi connectivity index (χ1v) is 6.33. The maximum atomic E-state index is 12.6. The fourth-order valence-electron chi connectivity index (χ4n) is 1.44. The number of methoxy groups -OCH3 is 1. The zero-order chi connectivity index (χ0) is 14.8. The van der Waals surface area contributed by atoms with Crippen LogP contribution < -0.4 is 10.1 Å². The number of benzene rings is 1. The van der Waals surface area contributed by atoms with E-state index in [9.17, 15) is 14.0 Å². The second-order valence-corrected chi connectivity index (χ2v) is 4.08. The molecule has 0 fully saturated rings. The summed E-state index contributed by atoms with van der Waals surface area (Å²) in [5, 5.41) is 2.67. The van der Waals surface area contributed by atoms with Crippen molar-refractivity contribution < 1.29 is 23.5 Å². The minimum atomic E-state index is -0.333. The molecule has 1 rings (SSSR count). The monoisotopic (exact) mass is 283 g/mol. The van der Waals surface area contributed by atoms with Crippen molar-refractivity contribution >= 4 is 11.9 Å². The van der Waals surface area contributed by atoms with Crippen molar-refractivity contribution in [1.82, 2.24) is 5.32 Å². The van der Waals surface area contributed by atoms with Crippen LogP contribution in [-0.2, 0) is 14.3 Å². The molecular formula is C14H18FNO4. The molecule has 6 heteroatoms. The number of amides is 1. The molecule has 0 radical (unpaired) electrons. The summed E-state index contributed by atoms with van der Waals surface area (Å²) in [6.45, 7) is 0.638. The highest BCUT2D eigenvalue weighted by Gasteiger charge is 2.03. The molecule has 0 atom stereocenters. The van der Waals surface area contributed by atoms with Crippen LogP contribution in [0.2, 0.25) is 0 Å². The average Bonchev–Trinajstić information content (AvgIpc) is 2.45. The van der Waals surface area contributed by atoms with Gasteiger partial charge in [0, 0.05) is 13.0 Å². The summed E-state index contributed by atoms with van der Waals surface area (Å²) in [5.74, 6) is -0.263. The topological polar surface area (TPSA) is 64.6 Å². The summed E-state index contributed by atoms with van der Waals surface area (Å²) in [6.07, 6.45) is 1.02. The Morgan fingerprint density at radius 1 is 1.20 bits per heavy atom. The molecule has 0 unspecified atom stereocenters. The average molecular weight is 283 g/mol. The number of carbonyl (C=O) groups excluding carboxylic acids is 2. The van der Waals surface area contributed by atoms with E-state index in [1.54, 1.807) is 0 Å². The Morgan fingerprint density at radius 3 is 2.55 bits per heavy atom. The fraction of sp³-hybridized carbons (Fsp3) is 0.429. The van der Waals surface area contributed by atoms with E-state index in [1.807, 2.05) is 0 Å². The summed E-state index contributed by atoms with van der Waals surface area (Å²) in [4.78, 5) is 22.3. The Balaban J connectivity index is 2.08. The van der Waals surface area contributed by atoms with Crippen molar-refractivity contribution in [2.24, 2.45) is 0 Å². The normalized spacial score (nSPS) is 9.90. The molecule has 1 amide bonds. The van der Waals surface area contributed by atoms with Crippen molar-refractivity contribution in [2.75, 3.05) is 20.3 Å². The lowest BCUT2D eigenvalue weighted by molar-refractivity contribution is -0.140. The lowest BCUT2D eigenvalue weighted by Gasteiger charge is -2.07. The van der Waals surface area contributed by atoms with E-state index in [0.29, 0.717) is 18.7 Å². The molecule has 110 valence electrons. The lowest BCUT2D eigenvalue weighted by atomic mass is 10.3. The third kappa shape index (κ3) is 6.72. The van der Waals surface area contributed by atoms with Crippen LogP contribution in [-0.4, -0.2) is 32.1 Å². The molecule has 0 aliphatic rings. The molecule has 20 heavy (non-hydrogen) atoms. The van der Waals surface area contributed by atoms with Crippen molar-refractivity contribution in [3.63, 3.8) is 0 Å². The van der Waals surface area contributed by atoms with Gasteiger partial charge in [-0.2, -0.15) is 0 Å². The molecule has 1 aromatic rings. The van der Waals surface area contributed by atoms with Gasteiger partial charge in [-0.15, -0.1) is 0 Å². The fourth-order valence-corrected chi connectivity index (χ4v) is 1.44. The molecule has 0 saturated heterocycles. The number of hydrogen-bond donors (Lipinski definition) is 1. The van der Waals surface area contributed by atoms with Crippen LogP contribution in [0.5, 0.6) is 5.75 Å². The Bertz CT molecular complexity index is 433. The summed E-state index contributed by atoms with van der Waals surface area (Å²) in [6, 6.07) is 5.59. The van der Waals surface area contributed by atoms with Crippen molar-refractivity contribution in [2.45, 2.75) is 19.3 Å². The number of ether oxygens (including phenoxy) is 2. The molecule has 0 saturated carbocycles. The molecule has 1 N–H and O–H groups in total. The lowest BCUT2D eigenvalue weighted by Crippen LogP contribution is -2.26. The summed E-state index contributed by atoms with van der Waals surface area (Å²) in [5.41, 5.74) is 0. The number of rotatable bonds is 8. The van der Waals surface area contributed by atoms with Gasteiger partial charge in [-0.3, -0.25) is 9.59 Å². The summed E-state index contributed by atoms with van der Waals surface area (Å²) in [7, 11) is 1.33. The molecule has 0 spiro atoms. The van der Waals surface area contributed by atoms with Gasteiger partial charge in [-0.25, -0.2) is 4.39 Å². The SMILES string of the molecule is COC(=O)CCCNC(=O)CCOc1ccc(F)cc1. The van der Waals surface area contributed by atoms with E-state index in [-0.39, 0.29) is 37.1 Å². The minimum Gasteiger partial charge on any atom is -0.493 e. The van der Waals surface area contributed by atoms with Crippen molar-refractivity contribution in [3.05, 3.63) is 30.1 Å². The highest BCUT2D eigenvalue weighted by atomic mass is 19.1. The maximum Gasteiger partial charge on any atom is 0.305 e. The molecule has 1 aromatic carbocycles. The van der Waals surface area contributed by atoms with Gasteiger partial charge >= 0.3 is 5.97 Å². The van der Waals surface area contributed by atoms with Gasteiger partial charge in [0.15, 0.2) is 0 Å². The quantitative estimate of drug-likeness (QED) is 0.582. The predicted octanol–water partition coefficient (Wildman–Crippen LogP) is 1.66. The van der Waals surface area contributed by atoms with Crippen LogP contribution in [0.1, 0.15) is 19.3 Å². The number of esters is 1. The van der Waals surface area contributed by atoms with Gasteiger partial charge in [0.05, 0.1) is 20.1 Å². The van der Waals surface area contributed by atoms with Gasteiger partial charge in [0.25, 0.3) is 0 Å². The largest absolute Gasteiger partial charge is 0.493 e. The van der Waals surface area contributed by atoms with Crippen LogP contribution in [0.4, 0.5) is 4.39 Å². The Hall–Kier alpha value is -2.11. The number of hydrogen-bond acceptors (Lipinski definition) is 4. The second-order valence-electron chi connectivity index (χ2n) is 4.08. The summed E-state index contributed by atoms with van der Waals surface area (Å²) >= 11 is 0. The van der Waals surface area contributed by atoms with Crippen molar-refractivity contribution in [3.8, 4) is 5.75 Å². The standard InChI is InChI=1S/C14H18FNO4/c1-19-14(18)3-2-9-16-13(17)8-10-20-12-6-4-11(15)5-7-12/h4-7H,2-3,8-10H2,1H3,(H,16,17). The molecular weight excluding hydrogens is 265 g/mol. The third-order valence-electron chi connectivity index (χ3n) is 2.52. The van der Waals surface area contributed by atoms with Gasteiger partial charge in [0.1, 0.15) is 11.6 Å². The first-order valence-electron chi connectivity index (χ1n) is 6.33. The first-order chi connectivity index (χ1) is 9.61. The van der Waals surface area contributed by atoms with Gasteiger partial charge in [0.2, 0.25) is 5.91 Å². The Labute approximate surface area is 117 Å². The Morgan fingerprint density at radius 2 is 1.90 bits per heavy atom. The molecule has 0 aromatic heterocycles. The second kappa shape index (κ2) is 8.90. The molecule has 0 bridgehead atoms. The maximum absolute atomic E-state index is 12.6. The number of nitrogens with one attached hydrogen (secondary N) is 1. The van der Waals surface area contributed by atoms with E-state index < -0.39 is 0 Å². The third-order valence-corrected chi connectivity index (χ3v) is 2.52. The van der Waals surface area contributed by atoms with Crippen LogP contribution >= 0.6 is 0 Å².